The number of ether oxygens (including phenoxy) is 1. The third-order valence-electron chi connectivity index (χ3n) is 1.74. The van der Waals surface area contributed by atoms with Crippen molar-refractivity contribution in [2.75, 3.05) is 7.11 Å². The van der Waals surface area contributed by atoms with Gasteiger partial charge in [-0.05, 0) is 6.07 Å². The normalized spacial score (nSPS) is 10.1. The van der Waals surface area contributed by atoms with Crippen LogP contribution in [0.4, 0.5) is 13.2 Å². The molecule has 0 fully saturated rings. The largest absolute Gasteiger partial charge is 0.491 e. The fraction of sp³-hybridized carbons (Fsp3) is 0.222. The maximum absolute atomic E-state index is 13.3. The molecular weight excluding hydrogens is 213 g/mol. The van der Waals surface area contributed by atoms with Crippen LogP contribution in [0.2, 0.25) is 0 Å². The lowest BCUT2D eigenvalue weighted by Crippen LogP contribution is -2.06. The van der Waals surface area contributed by atoms with Gasteiger partial charge in [-0.25, -0.2) is 8.78 Å². The number of carbonyl (C=O) groups is 1. The van der Waals surface area contributed by atoms with Crippen molar-refractivity contribution in [1.82, 2.24) is 0 Å². The minimum atomic E-state index is -1.47. The van der Waals surface area contributed by atoms with Crippen molar-refractivity contribution >= 4 is 5.97 Å². The van der Waals surface area contributed by atoms with E-state index in [1.807, 2.05) is 0 Å². The first-order chi connectivity index (χ1) is 6.97. The Labute approximate surface area is 83.1 Å². The molecule has 0 heterocycles. The van der Waals surface area contributed by atoms with E-state index in [2.05, 4.69) is 4.74 Å². The Hall–Kier alpha value is -1.72. The highest BCUT2D eigenvalue weighted by atomic mass is 19.2. The molecule has 82 valence electrons. The molecule has 1 aromatic carbocycles. The van der Waals surface area contributed by atoms with Gasteiger partial charge < -0.3 is 9.84 Å². The number of carboxylic acid groups (broad SMARTS) is 1. The number of halogens is 3. The average molecular weight is 220 g/mol. The summed E-state index contributed by atoms with van der Waals surface area (Å²) in [6, 6.07) is 0.501. The van der Waals surface area contributed by atoms with Crippen LogP contribution in [0.5, 0.6) is 5.75 Å². The Bertz CT molecular complexity index is 404. The number of hydrogen-bond acceptors (Lipinski definition) is 2. The van der Waals surface area contributed by atoms with Crippen LogP contribution in [0, 0.1) is 17.5 Å². The molecular formula is C9H7F3O3. The second kappa shape index (κ2) is 4.20. The molecule has 0 aromatic heterocycles. The van der Waals surface area contributed by atoms with Gasteiger partial charge in [0, 0.05) is 5.56 Å². The molecule has 1 aromatic rings. The quantitative estimate of drug-likeness (QED) is 0.789. The summed E-state index contributed by atoms with van der Waals surface area (Å²) < 4.78 is 43.3. The van der Waals surface area contributed by atoms with E-state index in [1.165, 1.54) is 0 Å². The molecule has 15 heavy (non-hydrogen) atoms. The summed E-state index contributed by atoms with van der Waals surface area (Å²) in [6.07, 6.45) is -0.737. The molecule has 0 bridgehead atoms. The second-order valence-electron chi connectivity index (χ2n) is 2.75. The highest BCUT2D eigenvalue weighted by Crippen LogP contribution is 2.27. The molecule has 0 unspecified atom stereocenters. The van der Waals surface area contributed by atoms with Crippen LogP contribution in [0.15, 0.2) is 6.07 Å². The van der Waals surface area contributed by atoms with Crippen LogP contribution in [0.1, 0.15) is 5.56 Å². The van der Waals surface area contributed by atoms with E-state index in [0.29, 0.717) is 6.07 Å². The Morgan fingerprint density at radius 1 is 1.40 bits per heavy atom. The number of rotatable bonds is 3. The van der Waals surface area contributed by atoms with Gasteiger partial charge in [0.2, 0.25) is 5.82 Å². The third kappa shape index (κ3) is 2.20. The highest BCUT2D eigenvalue weighted by Gasteiger charge is 2.20. The zero-order valence-electron chi connectivity index (χ0n) is 7.68. The minimum Gasteiger partial charge on any atom is -0.491 e. The summed E-state index contributed by atoms with van der Waals surface area (Å²) in [5, 5.41) is 8.39. The van der Waals surface area contributed by atoms with Crippen LogP contribution < -0.4 is 4.74 Å². The number of aliphatic carboxylic acids is 1. The van der Waals surface area contributed by atoms with Gasteiger partial charge in [-0.2, -0.15) is 4.39 Å². The van der Waals surface area contributed by atoms with E-state index in [4.69, 9.17) is 5.11 Å². The van der Waals surface area contributed by atoms with E-state index in [9.17, 15) is 18.0 Å². The third-order valence-corrected chi connectivity index (χ3v) is 1.74. The number of carboxylic acids is 1. The molecule has 1 rings (SSSR count). The van der Waals surface area contributed by atoms with Crippen molar-refractivity contribution < 1.29 is 27.8 Å². The standard InChI is InChI=1S/C9H7F3O3/c1-15-9-7(11)4(3-6(13)14)2-5(10)8(9)12/h2H,3H2,1H3,(H,13,14). The first-order valence-corrected chi connectivity index (χ1v) is 3.89. The Kier molecular flexibility index (Phi) is 3.18. The molecule has 0 aliphatic heterocycles. The summed E-state index contributed by atoms with van der Waals surface area (Å²) in [6.45, 7) is 0. The molecule has 1 N–H and O–H groups in total. The molecule has 0 spiro atoms. The maximum atomic E-state index is 13.3. The Morgan fingerprint density at radius 3 is 2.47 bits per heavy atom. The molecule has 6 heteroatoms. The summed E-state index contributed by atoms with van der Waals surface area (Å²) in [5.74, 6) is -6.26. The Morgan fingerprint density at radius 2 is 2.00 bits per heavy atom. The first kappa shape index (κ1) is 11.4. The van der Waals surface area contributed by atoms with E-state index in [0.717, 1.165) is 7.11 Å². The number of methoxy groups -OCH3 is 1. The summed E-state index contributed by atoms with van der Waals surface area (Å²) >= 11 is 0. The van der Waals surface area contributed by atoms with Gasteiger partial charge in [0.1, 0.15) is 0 Å². The van der Waals surface area contributed by atoms with Crippen molar-refractivity contribution in [3.8, 4) is 5.75 Å². The smallest absolute Gasteiger partial charge is 0.307 e. The molecule has 0 atom stereocenters. The number of benzene rings is 1. The average Bonchev–Trinajstić information content (AvgIpc) is 2.14. The SMILES string of the molecule is COc1c(F)c(F)cc(CC(=O)O)c1F. The molecule has 3 nitrogen and oxygen atoms in total. The second-order valence-corrected chi connectivity index (χ2v) is 2.75. The van der Waals surface area contributed by atoms with Crippen LogP contribution in [-0.2, 0) is 11.2 Å². The van der Waals surface area contributed by atoms with Gasteiger partial charge in [0.25, 0.3) is 0 Å². The summed E-state index contributed by atoms with van der Waals surface area (Å²) in [5.41, 5.74) is -0.460. The van der Waals surface area contributed by atoms with E-state index < -0.39 is 41.2 Å². The van der Waals surface area contributed by atoms with Gasteiger partial charge >= 0.3 is 5.97 Å². The monoisotopic (exact) mass is 220 g/mol. The zero-order chi connectivity index (χ0) is 11.6. The van der Waals surface area contributed by atoms with Gasteiger partial charge in [-0.1, -0.05) is 0 Å². The van der Waals surface area contributed by atoms with E-state index >= 15 is 0 Å². The van der Waals surface area contributed by atoms with Crippen molar-refractivity contribution in [3.05, 3.63) is 29.1 Å². The van der Waals surface area contributed by atoms with Crippen molar-refractivity contribution in [1.29, 1.82) is 0 Å². The van der Waals surface area contributed by atoms with Crippen molar-refractivity contribution in [2.45, 2.75) is 6.42 Å². The van der Waals surface area contributed by atoms with Gasteiger partial charge in [0.15, 0.2) is 17.4 Å². The lowest BCUT2D eigenvalue weighted by atomic mass is 10.1. The lowest BCUT2D eigenvalue weighted by molar-refractivity contribution is -0.136. The van der Waals surface area contributed by atoms with Crippen molar-refractivity contribution in [3.63, 3.8) is 0 Å². The van der Waals surface area contributed by atoms with E-state index in [-0.39, 0.29) is 0 Å². The molecule has 0 amide bonds. The molecule has 0 radical (unpaired) electrons. The lowest BCUT2D eigenvalue weighted by Gasteiger charge is -2.07. The number of hydrogen-bond donors (Lipinski definition) is 1. The highest BCUT2D eigenvalue weighted by molar-refractivity contribution is 5.70. The molecule has 0 saturated carbocycles. The van der Waals surface area contributed by atoms with Gasteiger partial charge in [-0.15, -0.1) is 0 Å². The predicted molar refractivity (Wildman–Crippen MR) is 44.2 cm³/mol. The fourth-order valence-electron chi connectivity index (χ4n) is 1.10. The fourth-order valence-corrected chi connectivity index (χ4v) is 1.10. The topological polar surface area (TPSA) is 46.5 Å². The van der Waals surface area contributed by atoms with Crippen LogP contribution in [0.25, 0.3) is 0 Å². The van der Waals surface area contributed by atoms with Gasteiger partial charge in [-0.3, -0.25) is 4.79 Å². The minimum absolute atomic E-state index is 0.460. The molecule has 0 aliphatic rings. The van der Waals surface area contributed by atoms with E-state index in [1.54, 1.807) is 0 Å². The van der Waals surface area contributed by atoms with Crippen LogP contribution in [-0.4, -0.2) is 18.2 Å². The molecule has 0 saturated heterocycles. The summed E-state index contributed by atoms with van der Waals surface area (Å²) in [4.78, 5) is 10.3. The zero-order valence-corrected chi connectivity index (χ0v) is 7.68. The predicted octanol–water partition coefficient (Wildman–Crippen LogP) is 1.74. The first-order valence-electron chi connectivity index (χ1n) is 3.89. The van der Waals surface area contributed by atoms with Crippen molar-refractivity contribution in [2.24, 2.45) is 0 Å². The summed E-state index contributed by atoms with van der Waals surface area (Å²) in [7, 11) is 0.964. The molecule has 0 aliphatic carbocycles. The van der Waals surface area contributed by atoms with Gasteiger partial charge in [0.05, 0.1) is 13.5 Å². The maximum Gasteiger partial charge on any atom is 0.307 e. The Balaban J connectivity index is 3.30. The van der Waals surface area contributed by atoms with Crippen LogP contribution >= 0.6 is 0 Å². The van der Waals surface area contributed by atoms with Crippen LogP contribution in [0.3, 0.4) is 0 Å².